The van der Waals surface area contributed by atoms with Crippen molar-refractivity contribution in [1.29, 1.82) is 0 Å². The fourth-order valence-electron chi connectivity index (χ4n) is 3.23. The monoisotopic (exact) mass is 283 g/mol. The molecule has 4 nitrogen and oxygen atoms in total. The zero-order valence-electron chi connectivity index (χ0n) is 12.6. The topological polar surface area (TPSA) is 58.9 Å². The number of hydrogen-bond acceptors (Lipinski definition) is 4. The molecule has 1 aliphatic rings. The Bertz CT molecular complexity index is 642. The lowest BCUT2D eigenvalue weighted by Crippen LogP contribution is -2.20. The molecule has 4 heteroatoms. The predicted octanol–water partition coefficient (Wildman–Crippen LogP) is 2.90. The van der Waals surface area contributed by atoms with Crippen molar-refractivity contribution < 1.29 is 5.11 Å². The molecular formula is C17H21N3O. The maximum atomic E-state index is 10.9. The van der Waals surface area contributed by atoms with Gasteiger partial charge in [0.2, 0.25) is 0 Å². The zero-order chi connectivity index (χ0) is 14.8. The summed E-state index contributed by atoms with van der Waals surface area (Å²) in [6.07, 6.45) is 5.17. The summed E-state index contributed by atoms with van der Waals surface area (Å²) in [7, 11) is 0. The number of aliphatic hydroxyl groups excluding tert-OH is 1. The number of pyridine rings is 1. The first-order valence-electron chi connectivity index (χ1n) is 7.65. The van der Waals surface area contributed by atoms with Gasteiger partial charge in [0.15, 0.2) is 0 Å². The van der Waals surface area contributed by atoms with Crippen LogP contribution in [0.15, 0.2) is 24.4 Å². The number of nitrogens with zero attached hydrogens (tertiary/aromatic N) is 3. The molecule has 2 aromatic heterocycles. The summed E-state index contributed by atoms with van der Waals surface area (Å²) in [5.41, 5.74) is 4.96. The van der Waals surface area contributed by atoms with Crippen LogP contribution in [-0.2, 0) is 12.8 Å². The first kappa shape index (κ1) is 14.1. The molecule has 0 aromatic carbocycles. The van der Waals surface area contributed by atoms with Crippen LogP contribution in [0.25, 0.3) is 0 Å². The molecule has 21 heavy (non-hydrogen) atoms. The standard InChI is InChI=1S/C17H21N3O/c1-3-15-14(10-11(2)19-20-15)17(21)13-8-4-6-12-7-5-9-18-16(12)13/h5,7,9-10,13,17,21H,3-4,6,8H2,1-2H3. The van der Waals surface area contributed by atoms with Crippen molar-refractivity contribution >= 4 is 0 Å². The molecule has 3 rings (SSSR count). The Kier molecular flexibility index (Phi) is 3.97. The van der Waals surface area contributed by atoms with Gasteiger partial charge in [-0.1, -0.05) is 13.0 Å². The van der Waals surface area contributed by atoms with E-state index in [9.17, 15) is 5.11 Å². The number of hydrogen-bond donors (Lipinski definition) is 1. The molecule has 2 unspecified atom stereocenters. The molecule has 0 saturated carbocycles. The fraction of sp³-hybridized carbons (Fsp3) is 0.471. The number of fused-ring (bicyclic) bond motifs is 1. The Morgan fingerprint density at radius 3 is 3.05 bits per heavy atom. The maximum Gasteiger partial charge on any atom is 0.0892 e. The zero-order valence-corrected chi connectivity index (χ0v) is 12.6. The molecule has 0 fully saturated rings. The van der Waals surface area contributed by atoms with Crippen LogP contribution in [0.4, 0.5) is 0 Å². The second kappa shape index (κ2) is 5.90. The highest BCUT2D eigenvalue weighted by atomic mass is 16.3. The molecule has 2 heterocycles. The van der Waals surface area contributed by atoms with Gasteiger partial charge in [0.1, 0.15) is 0 Å². The van der Waals surface area contributed by atoms with Crippen LogP contribution in [-0.4, -0.2) is 20.3 Å². The molecule has 0 radical (unpaired) electrons. The van der Waals surface area contributed by atoms with E-state index in [-0.39, 0.29) is 5.92 Å². The second-order valence-corrected chi connectivity index (χ2v) is 5.73. The first-order chi connectivity index (χ1) is 10.2. The van der Waals surface area contributed by atoms with E-state index in [0.717, 1.165) is 48.3 Å². The fourth-order valence-corrected chi connectivity index (χ4v) is 3.23. The summed E-state index contributed by atoms with van der Waals surface area (Å²) in [6.45, 7) is 3.96. The average Bonchev–Trinajstić information content (AvgIpc) is 2.53. The normalized spacial score (nSPS) is 19.1. The van der Waals surface area contributed by atoms with Gasteiger partial charge in [0, 0.05) is 23.4 Å². The smallest absolute Gasteiger partial charge is 0.0892 e. The third-order valence-corrected chi connectivity index (χ3v) is 4.30. The summed E-state index contributed by atoms with van der Waals surface area (Å²) >= 11 is 0. The van der Waals surface area contributed by atoms with Crippen LogP contribution in [0, 0.1) is 6.92 Å². The molecule has 0 bridgehead atoms. The minimum absolute atomic E-state index is 0.0591. The van der Waals surface area contributed by atoms with Gasteiger partial charge in [-0.3, -0.25) is 4.98 Å². The van der Waals surface area contributed by atoms with E-state index in [4.69, 9.17) is 0 Å². The Labute approximate surface area is 125 Å². The van der Waals surface area contributed by atoms with E-state index >= 15 is 0 Å². The lowest BCUT2D eigenvalue weighted by molar-refractivity contribution is 0.132. The van der Waals surface area contributed by atoms with E-state index in [1.165, 1.54) is 5.56 Å². The summed E-state index contributed by atoms with van der Waals surface area (Å²) in [4.78, 5) is 4.53. The van der Waals surface area contributed by atoms with Crippen molar-refractivity contribution in [2.24, 2.45) is 0 Å². The number of aliphatic hydroxyl groups is 1. The third kappa shape index (κ3) is 2.68. The van der Waals surface area contributed by atoms with E-state index in [0.29, 0.717) is 0 Å². The number of aromatic nitrogens is 3. The van der Waals surface area contributed by atoms with Gasteiger partial charge in [0.05, 0.1) is 17.5 Å². The Balaban J connectivity index is 2.00. The minimum atomic E-state index is -0.553. The lowest BCUT2D eigenvalue weighted by atomic mass is 9.80. The quantitative estimate of drug-likeness (QED) is 0.941. The van der Waals surface area contributed by atoms with Crippen molar-refractivity contribution in [1.82, 2.24) is 15.2 Å². The van der Waals surface area contributed by atoms with E-state index in [1.54, 1.807) is 0 Å². The Morgan fingerprint density at radius 1 is 1.38 bits per heavy atom. The molecule has 0 amide bonds. The van der Waals surface area contributed by atoms with Gasteiger partial charge in [0.25, 0.3) is 0 Å². The van der Waals surface area contributed by atoms with Gasteiger partial charge >= 0.3 is 0 Å². The first-order valence-corrected chi connectivity index (χ1v) is 7.65. The van der Waals surface area contributed by atoms with Crippen molar-refractivity contribution in [3.05, 3.63) is 52.6 Å². The highest BCUT2D eigenvalue weighted by Crippen LogP contribution is 2.39. The maximum absolute atomic E-state index is 10.9. The van der Waals surface area contributed by atoms with Gasteiger partial charge in [-0.25, -0.2) is 0 Å². The molecule has 2 aromatic rings. The molecule has 0 aliphatic heterocycles. The SMILES string of the molecule is CCc1nnc(C)cc1C(O)C1CCCc2cccnc21. The van der Waals surface area contributed by atoms with Crippen LogP contribution in [0.2, 0.25) is 0 Å². The van der Waals surface area contributed by atoms with Gasteiger partial charge in [-0.15, -0.1) is 0 Å². The average molecular weight is 283 g/mol. The van der Waals surface area contributed by atoms with Crippen molar-refractivity contribution in [2.45, 2.75) is 51.6 Å². The Morgan fingerprint density at radius 2 is 2.24 bits per heavy atom. The lowest BCUT2D eigenvalue weighted by Gasteiger charge is -2.29. The van der Waals surface area contributed by atoms with Crippen LogP contribution in [0.5, 0.6) is 0 Å². The van der Waals surface area contributed by atoms with Crippen LogP contribution in [0.1, 0.15) is 60.0 Å². The summed E-state index contributed by atoms with van der Waals surface area (Å²) < 4.78 is 0. The highest BCUT2D eigenvalue weighted by Gasteiger charge is 2.30. The predicted molar refractivity (Wildman–Crippen MR) is 81.0 cm³/mol. The third-order valence-electron chi connectivity index (χ3n) is 4.30. The van der Waals surface area contributed by atoms with Crippen LogP contribution in [0.3, 0.4) is 0 Å². The van der Waals surface area contributed by atoms with Crippen LogP contribution < -0.4 is 0 Å². The van der Waals surface area contributed by atoms with E-state index in [2.05, 4.69) is 21.2 Å². The van der Waals surface area contributed by atoms with Gasteiger partial charge < -0.3 is 5.11 Å². The van der Waals surface area contributed by atoms with E-state index < -0.39 is 6.10 Å². The summed E-state index contributed by atoms with van der Waals surface area (Å²) in [5, 5.41) is 19.3. The van der Waals surface area contributed by atoms with Gasteiger partial charge in [-0.2, -0.15) is 10.2 Å². The Hall–Kier alpha value is -1.81. The number of aryl methyl sites for hydroxylation is 3. The molecule has 110 valence electrons. The number of rotatable bonds is 3. The molecule has 0 saturated heterocycles. The van der Waals surface area contributed by atoms with Crippen LogP contribution >= 0.6 is 0 Å². The molecule has 0 spiro atoms. The molecule has 1 N–H and O–H groups in total. The largest absolute Gasteiger partial charge is 0.388 e. The van der Waals surface area contributed by atoms with Gasteiger partial charge in [-0.05, 0) is 50.3 Å². The van der Waals surface area contributed by atoms with Crippen molar-refractivity contribution in [3.8, 4) is 0 Å². The van der Waals surface area contributed by atoms with E-state index in [1.807, 2.05) is 32.2 Å². The molecular weight excluding hydrogens is 262 g/mol. The highest BCUT2D eigenvalue weighted by molar-refractivity contribution is 5.32. The summed E-state index contributed by atoms with van der Waals surface area (Å²) in [5.74, 6) is 0.0591. The second-order valence-electron chi connectivity index (χ2n) is 5.73. The molecule has 1 aliphatic carbocycles. The summed E-state index contributed by atoms with van der Waals surface area (Å²) in [6, 6.07) is 6.06. The minimum Gasteiger partial charge on any atom is -0.388 e. The van der Waals surface area contributed by atoms with Crippen molar-refractivity contribution in [2.75, 3.05) is 0 Å². The van der Waals surface area contributed by atoms with Crippen molar-refractivity contribution in [3.63, 3.8) is 0 Å². The molecule has 2 atom stereocenters.